The number of hydrogen-bond donors (Lipinski definition) is 2. The first-order valence-corrected chi connectivity index (χ1v) is 5.38. The minimum atomic E-state index is -0.764. The van der Waals surface area contributed by atoms with Gasteiger partial charge in [0.1, 0.15) is 12.1 Å². The van der Waals surface area contributed by atoms with Gasteiger partial charge >= 0.3 is 5.97 Å². The van der Waals surface area contributed by atoms with Gasteiger partial charge in [0.05, 0.1) is 5.92 Å². The third-order valence-electron chi connectivity index (χ3n) is 2.32. The summed E-state index contributed by atoms with van der Waals surface area (Å²) in [6.07, 6.45) is 3.00. The van der Waals surface area contributed by atoms with Gasteiger partial charge in [-0.25, -0.2) is 9.97 Å². The highest BCUT2D eigenvalue weighted by Crippen LogP contribution is 2.09. The van der Waals surface area contributed by atoms with Crippen molar-refractivity contribution in [1.29, 1.82) is 0 Å². The molecule has 0 fully saturated rings. The van der Waals surface area contributed by atoms with E-state index in [0.717, 1.165) is 12.1 Å². The Hall–Kier alpha value is -1.65. The molecule has 1 aromatic heterocycles. The second kappa shape index (κ2) is 6.05. The van der Waals surface area contributed by atoms with Crippen molar-refractivity contribution in [3.8, 4) is 0 Å². The quantitative estimate of drug-likeness (QED) is 0.767. The van der Waals surface area contributed by atoms with Crippen LogP contribution in [0.5, 0.6) is 0 Å². The molecule has 5 heteroatoms. The van der Waals surface area contributed by atoms with Gasteiger partial charge in [0.25, 0.3) is 0 Å². The molecule has 0 bridgehead atoms. The number of hydrogen-bond acceptors (Lipinski definition) is 4. The van der Waals surface area contributed by atoms with Crippen molar-refractivity contribution in [3.63, 3.8) is 0 Å². The molecule has 88 valence electrons. The average molecular weight is 223 g/mol. The summed E-state index contributed by atoms with van der Waals surface area (Å²) in [5.74, 6) is -0.449. The molecule has 1 atom stereocenters. The minimum absolute atomic E-state index is 0.361. The molecule has 1 unspecified atom stereocenters. The van der Waals surface area contributed by atoms with E-state index in [9.17, 15) is 4.79 Å². The summed E-state index contributed by atoms with van der Waals surface area (Å²) in [7, 11) is 0. The van der Waals surface area contributed by atoms with Crippen LogP contribution < -0.4 is 5.32 Å². The molecule has 16 heavy (non-hydrogen) atoms. The van der Waals surface area contributed by atoms with Crippen molar-refractivity contribution in [2.24, 2.45) is 5.92 Å². The molecular weight excluding hydrogens is 206 g/mol. The van der Waals surface area contributed by atoms with Crippen LogP contribution in [0.2, 0.25) is 0 Å². The van der Waals surface area contributed by atoms with Crippen molar-refractivity contribution in [3.05, 3.63) is 18.1 Å². The summed E-state index contributed by atoms with van der Waals surface area (Å²) < 4.78 is 0. The van der Waals surface area contributed by atoms with Gasteiger partial charge in [0.2, 0.25) is 0 Å². The topological polar surface area (TPSA) is 75.1 Å². The lowest BCUT2D eigenvalue weighted by atomic mass is 10.0. The molecule has 1 rings (SSSR count). The molecule has 1 heterocycles. The Balaban J connectivity index is 2.51. The summed E-state index contributed by atoms with van der Waals surface area (Å²) >= 11 is 0. The average Bonchev–Trinajstić information content (AvgIpc) is 2.24. The maximum absolute atomic E-state index is 10.9. The van der Waals surface area contributed by atoms with Crippen molar-refractivity contribution in [2.75, 3.05) is 11.9 Å². The first kappa shape index (κ1) is 12.4. The summed E-state index contributed by atoms with van der Waals surface area (Å²) in [4.78, 5) is 18.9. The first-order valence-electron chi connectivity index (χ1n) is 5.38. The highest BCUT2D eigenvalue weighted by Gasteiger charge is 2.15. The van der Waals surface area contributed by atoms with Gasteiger partial charge in [-0.05, 0) is 13.3 Å². The number of aliphatic carboxylic acids is 1. The first-order chi connectivity index (χ1) is 7.63. The second-order valence-corrected chi connectivity index (χ2v) is 3.75. The van der Waals surface area contributed by atoms with Crippen LogP contribution in [0.25, 0.3) is 0 Å². The van der Waals surface area contributed by atoms with Gasteiger partial charge in [-0.1, -0.05) is 13.3 Å². The fourth-order valence-corrected chi connectivity index (χ4v) is 1.44. The van der Waals surface area contributed by atoms with Gasteiger partial charge in [-0.3, -0.25) is 4.79 Å². The largest absolute Gasteiger partial charge is 0.481 e. The van der Waals surface area contributed by atoms with Gasteiger partial charge in [0, 0.05) is 18.3 Å². The van der Waals surface area contributed by atoms with Crippen molar-refractivity contribution in [1.82, 2.24) is 9.97 Å². The van der Waals surface area contributed by atoms with Gasteiger partial charge in [-0.15, -0.1) is 0 Å². The molecule has 2 N–H and O–H groups in total. The van der Waals surface area contributed by atoms with Crippen LogP contribution in [0.4, 0.5) is 5.82 Å². The SMILES string of the molecule is CCCC(CNc1cc(C)ncn1)C(=O)O. The van der Waals surface area contributed by atoms with Crippen LogP contribution in [0.1, 0.15) is 25.5 Å². The van der Waals surface area contributed by atoms with Crippen LogP contribution >= 0.6 is 0 Å². The Bertz CT molecular complexity index is 355. The van der Waals surface area contributed by atoms with E-state index in [2.05, 4.69) is 15.3 Å². The lowest BCUT2D eigenvalue weighted by Gasteiger charge is -2.12. The van der Waals surface area contributed by atoms with E-state index in [0.29, 0.717) is 18.8 Å². The van der Waals surface area contributed by atoms with E-state index < -0.39 is 5.97 Å². The maximum atomic E-state index is 10.9. The second-order valence-electron chi connectivity index (χ2n) is 3.75. The summed E-state index contributed by atoms with van der Waals surface area (Å²) in [6.45, 7) is 4.25. The van der Waals surface area contributed by atoms with Crippen LogP contribution in [0, 0.1) is 12.8 Å². The highest BCUT2D eigenvalue weighted by molar-refractivity contribution is 5.70. The molecule has 0 aliphatic heterocycles. The number of nitrogens with one attached hydrogen (secondary N) is 1. The van der Waals surface area contributed by atoms with E-state index in [-0.39, 0.29) is 5.92 Å². The zero-order valence-electron chi connectivity index (χ0n) is 9.60. The van der Waals surface area contributed by atoms with Crippen molar-refractivity contribution < 1.29 is 9.90 Å². The standard InChI is InChI=1S/C11H17N3O2/c1-3-4-9(11(15)16)6-12-10-5-8(2)13-7-14-10/h5,7,9H,3-4,6H2,1-2H3,(H,15,16)(H,12,13,14). The number of aryl methyl sites for hydroxylation is 1. The lowest BCUT2D eigenvalue weighted by Crippen LogP contribution is -2.23. The predicted molar refractivity (Wildman–Crippen MR) is 61.3 cm³/mol. The van der Waals surface area contributed by atoms with E-state index in [1.807, 2.05) is 13.8 Å². The molecule has 0 saturated carbocycles. The molecule has 0 aromatic carbocycles. The molecule has 0 saturated heterocycles. The number of aromatic nitrogens is 2. The molecule has 0 radical (unpaired) electrons. The molecule has 0 spiro atoms. The smallest absolute Gasteiger partial charge is 0.308 e. The molecule has 0 aliphatic carbocycles. The molecular formula is C11H17N3O2. The fourth-order valence-electron chi connectivity index (χ4n) is 1.44. The van der Waals surface area contributed by atoms with Gasteiger partial charge in [-0.2, -0.15) is 0 Å². The Morgan fingerprint density at radius 3 is 2.88 bits per heavy atom. The number of carboxylic acids is 1. The van der Waals surface area contributed by atoms with E-state index >= 15 is 0 Å². The molecule has 0 aliphatic rings. The number of rotatable bonds is 6. The number of anilines is 1. The Labute approximate surface area is 94.9 Å². The van der Waals surface area contributed by atoms with E-state index in [1.54, 1.807) is 6.07 Å². The van der Waals surface area contributed by atoms with Gasteiger partial charge < -0.3 is 10.4 Å². The third kappa shape index (κ3) is 3.84. The van der Waals surface area contributed by atoms with Crippen LogP contribution in [0.15, 0.2) is 12.4 Å². The zero-order chi connectivity index (χ0) is 12.0. The maximum Gasteiger partial charge on any atom is 0.308 e. The van der Waals surface area contributed by atoms with Crippen molar-refractivity contribution >= 4 is 11.8 Å². The fraction of sp³-hybridized carbons (Fsp3) is 0.545. The minimum Gasteiger partial charge on any atom is -0.481 e. The zero-order valence-corrected chi connectivity index (χ0v) is 9.60. The summed E-state index contributed by atoms with van der Waals surface area (Å²) in [6, 6.07) is 1.80. The van der Waals surface area contributed by atoms with E-state index in [4.69, 9.17) is 5.11 Å². The highest BCUT2D eigenvalue weighted by atomic mass is 16.4. The summed E-state index contributed by atoms with van der Waals surface area (Å²) in [5.41, 5.74) is 0.861. The Kier molecular flexibility index (Phi) is 4.69. The number of carbonyl (C=O) groups is 1. The monoisotopic (exact) mass is 223 g/mol. The third-order valence-corrected chi connectivity index (χ3v) is 2.32. The van der Waals surface area contributed by atoms with Gasteiger partial charge in [0.15, 0.2) is 0 Å². The molecule has 0 amide bonds. The number of carboxylic acid groups (broad SMARTS) is 1. The normalized spacial score (nSPS) is 12.1. The molecule has 5 nitrogen and oxygen atoms in total. The van der Waals surface area contributed by atoms with Crippen LogP contribution in [-0.4, -0.2) is 27.6 Å². The number of nitrogens with zero attached hydrogens (tertiary/aromatic N) is 2. The Morgan fingerprint density at radius 2 is 2.31 bits per heavy atom. The van der Waals surface area contributed by atoms with Crippen LogP contribution in [-0.2, 0) is 4.79 Å². The lowest BCUT2D eigenvalue weighted by molar-refractivity contribution is -0.141. The van der Waals surface area contributed by atoms with E-state index in [1.165, 1.54) is 6.33 Å². The summed E-state index contributed by atoms with van der Waals surface area (Å²) in [5, 5.41) is 12.0. The Morgan fingerprint density at radius 1 is 1.56 bits per heavy atom. The van der Waals surface area contributed by atoms with Crippen LogP contribution in [0.3, 0.4) is 0 Å². The van der Waals surface area contributed by atoms with Crippen molar-refractivity contribution in [2.45, 2.75) is 26.7 Å². The predicted octanol–water partition coefficient (Wildman–Crippen LogP) is 1.70. The molecule has 1 aromatic rings.